The van der Waals surface area contributed by atoms with Gasteiger partial charge in [0, 0.05) is 32.1 Å². The van der Waals surface area contributed by atoms with Gasteiger partial charge in [-0.15, -0.1) is 0 Å². The molecule has 110 valence electrons. The Morgan fingerprint density at radius 3 is 2.90 bits per heavy atom. The molecule has 0 spiro atoms. The van der Waals surface area contributed by atoms with Crippen LogP contribution in [0.1, 0.15) is 32.5 Å². The van der Waals surface area contributed by atoms with E-state index in [2.05, 4.69) is 27.1 Å². The average molecular weight is 277 g/mol. The molecule has 1 fully saturated rings. The Morgan fingerprint density at radius 1 is 1.50 bits per heavy atom. The molecule has 0 saturated carbocycles. The Kier molecular flexibility index (Phi) is 4.76. The molecule has 0 bridgehead atoms. The maximum absolute atomic E-state index is 11.3. The van der Waals surface area contributed by atoms with Gasteiger partial charge < -0.3 is 16.0 Å². The Bertz CT molecular complexity index is 477. The van der Waals surface area contributed by atoms with Gasteiger partial charge in [0.1, 0.15) is 17.5 Å². The van der Waals surface area contributed by atoms with E-state index in [1.807, 2.05) is 13.0 Å². The van der Waals surface area contributed by atoms with Crippen molar-refractivity contribution in [1.29, 1.82) is 0 Å². The Morgan fingerprint density at radius 2 is 2.30 bits per heavy atom. The Hall–Kier alpha value is -1.85. The highest BCUT2D eigenvalue weighted by atomic mass is 16.1. The highest BCUT2D eigenvalue weighted by Gasteiger charge is 2.27. The number of rotatable bonds is 6. The summed E-state index contributed by atoms with van der Waals surface area (Å²) >= 11 is 0. The number of carbonyl (C=O) groups excluding carboxylic acids is 1. The first kappa shape index (κ1) is 14.6. The van der Waals surface area contributed by atoms with E-state index in [0.717, 1.165) is 49.8 Å². The van der Waals surface area contributed by atoms with Gasteiger partial charge in [-0.1, -0.05) is 13.8 Å². The van der Waals surface area contributed by atoms with Crippen LogP contribution in [-0.4, -0.2) is 35.5 Å². The minimum atomic E-state index is -0.221. The number of nitrogens with one attached hydrogen (secondary N) is 1. The average Bonchev–Trinajstić information content (AvgIpc) is 2.94. The molecular formula is C14H23N5O. The molecule has 1 atom stereocenters. The number of nitrogens with zero attached hydrogens (tertiary/aromatic N) is 3. The van der Waals surface area contributed by atoms with E-state index in [9.17, 15) is 4.79 Å². The van der Waals surface area contributed by atoms with Crippen molar-refractivity contribution in [3.05, 3.63) is 11.9 Å². The predicted molar refractivity (Wildman–Crippen MR) is 79.7 cm³/mol. The molecule has 6 heteroatoms. The van der Waals surface area contributed by atoms with Gasteiger partial charge in [0.15, 0.2) is 0 Å². The summed E-state index contributed by atoms with van der Waals surface area (Å²) in [5.41, 5.74) is 5.38. The number of hydrogen-bond donors (Lipinski definition) is 2. The van der Waals surface area contributed by atoms with E-state index in [4.69, 9.17) is 5.73 Å². The number of aromatic nitrogens is 2. The standard InChI is InChI=1S/C14H23N5O/c1-3-6-16-12-8-13(18-11(4-2)17-12)19-7-5-10(9-19)14(15)20/h8,10H,3-7,9H2,1-2H3,(H2,15,20)(H,16,17,18). The molecule has 0 aliphatic carbocycles. The molecule has 1 aromatic heterocycles. The van der Waals surface area contributed by atoms with Crippen molar-refractivity contribution in [3.63, 3.8) is 0 Å². The highest BCUT2D eigenvalue weighted by Crippen LogP contribution is 2.24. The van der Waals surface area contributed by atoms with Crippen molar-refractivity contribution < 1.29 is 4.79 Å². The van der Waals surface area contributed by atoms with Crippen LogP contribution in [0.5, 0.6) is 0 Å². The first-order valence-corrected chi connectivity index (χ1v) is 7.30. The summed E-state index contributed by atoms with van der Waals surface area (Å²) in [6.45, 7) is 6.53. The van der Waals surface area contributed by atoms with Crippen molar-refractivity contribution in [2.75, 3.05) is 29.9 Å². The summed E-state index contributed by atoms with van der Waals surface area (Å²) in [4.78, 5) is 22.4. The van der Waals surface area contributed by atoms with Crippen molar-refractivity contribution >= 4 is 17.5 Å². The summed E-state index contributed by atoms with van der Waals surface area (Å²) in [6.07, 6.45) is 2.65. The molecule has 3 N–H and O–H groups in total. The highest BCUT2D eigenvalue weighted by molar-refractivity contribution is 5.78. The second-order valence-electron chi connectivity index (χ2n) is 5.14. The number of anilines is 2. The van der Waals surface area contributed by atoms with Gasteiger partial charge in [-0.3, -0.25) is 4.79 Å². The number of amides is 1. The molecule has 2 heterocycles. The lowest BCUT2D eigenvalue weighted by Crippen LogP contribution is -2.28. The molecule has 0 aromatic carbocycles. The molecular weight excluding hydrogens is 254 g/mol. The summed E-state index contributed by atoms with van der Waals surface area (Å²) in [7, 11) is 0. The molecule has 2 rings (SSSR count). The summed E-state index contributed by atoms with van der Waals surface area (Å²) < 4.78 is 0. The van der Waals surface area contributed by atoms with Crippen molar-refractivity contribution in [3.8, 4) is 0 Å². The predicted octanol–water partition coefficient (Wildman–Crippen LogP) is 1.17. The number of hydrogen-bond acceptors (Lipinski definition) is 5. The molecule has 1 unspecified atom stereocenters. The second kappa shape index (κ2) is 6.54. The fourth-order valence-electron chi connectivity index (χ4n) is 2.35. The zero-order valence-electron chi connectivity index (χ0n) is 12.2. The third kappa shape index (κ3) is 3.37. The maximum atomic E-state index is 11.3. The van der Waals surface area contributed by atoms with Crippen LogP contribution in [0, 0.1) is 5.92 Å². The molecule has 1 aliphatic rings. The quantitative estimate of drug-likeness (QED) is 0.815. The van der Waals surface area contributed by atoms with Crippen LogP contribution in [0.4, 0.5) is 11.6 Å². The van der Waals surface area contributed by atoms with Crippen molar-refractivity contribution in [2.45, 2.75) is 33.1 Å². The van der Waals surface area contributed by atoms with Crippen LogP contribution in [0.3, 0.4) is 0 Å². The van der Waals surface area contributed by atoms with Crippen molar-refractivity contribution in [2.24, 2.45) is 11.7 Å². The molecule has 6 nitrogen and oxygen atoms in total. The van der Waals surface area contributed by atoms with Gasteiger partial charge in [0.25, 0.3) is 0 Å². The van der Waals surface area contributed by atoms with Gasteiger partial charge >= 0.3 is 0 Å². The largest absolute Gasteiger partial charge is 0.370 e. The second-order valence-corrected chi connectivity index (χ2v) is 5.14. The topological polar surface area (TPSA) is 84.1 Å². The first-order chi connectivity index (χ1) is 9.63. The zero-order chi connectivity index (χ0) is 14.5. The fourth-order valence-corrected chi connectivity index (χ4v) is 2.35. The molecule has 1 saturated heterocycles. The van der Waals surface area contributed by atoms with Gasteiger partial charge in [0.2, 0.25) is 5.91 Å². The fraction of sp³-hybridized carbons (Fsp3) is 0.643. The maximum Gasteiger partial charge on any atom is 0.222 e. The van der Waals surface area contributed by atoms with E-state index in [1.165, 1.54) is 0 Å². The number of aryl methyl sites for hydroxylation is 1. The lowest BCUT2D eigenvalue weighted by atomic mass is 10.1. The van der Waals surface area contributed by atoms with E-state index < -0.39 is 0 Å². The number of carbonyl (C=O) groups is 1. The first-order valence-electron chi connectivity index (χ1n) is 7.30. The van der Waals surface area contributed by atoms with Gasteiger partial charge in [-0.2, -0.15) is 0 Å². The third-order valence-electron chi connectivity index (χ3n) is 3.55. The Labute approximate surface area is 119 Å². The monoisotopic (exact) mass is 277 g/mol. The Balaban J connectivity index is 2.16. The van der Waals surface area contributed by atoms with E-state index in [-0.39, 0.29) is 11.8 Å². The van der Waals surface area contributed by atoms with Crippen LogP contribution in [0.15, 0.2) is 6.07 Å². The normalized spacial score (nSPS) is 18.3. The van der Waals surface area contributed by atoms with Crippen LogP contribution < -0.4 is 16.0 Å². The van der Waals surface area contributed by atoms with Crippen LogP contribution >= 0.6 is 0 Å². The number of primary amides is 1. The molecule has 0 radical (unpaired) electrons. The SMILES string of the molecule is CCCNc1cc(N2CCC(C(N)=O)C2)nc(CC)n1. The molecule has 1 amide bonds. The van der Waals surface area contributed by atoms with Crippen LogP contribution in [-0.2, 0) is 11.2 Å². The minimum absolute atomic E-state index is 0.0675. The van der Waals surface area contributed by atoms with E-state index >= 15 is 0 Å². The summed E-state index contributed by atoms with van der Waals surface area (Å²) in [6, 6.07) is 1.96. The zero-order valence-corrected chi connectivity index (χ0v) is 12.2. The molecule has 1 aliphatic heterocycles. The van der Waals surface area contributed by atoms with Gasteiger partial charge in [-0.25, -0.2) is 9.97 Å². The van der Waals surface area contributed by atoms with Crippen LogP contribution in [0.25, 0.3) is 0 Å². The summed E-state index contributed by atoms with van der Waals surface area (Å²) in [5, 5.41) is 3.30. The van der Waals surface area contributed by atoms with Gasteiger partial charge in [0.05, 0.1) is 5.92 Å². The molecule has 20 heavy (non-hydrogen) atoms. The van der Waals surface area contributed by atoms with E-state index in [0.29, 0.717) is 6.54 Å². The van der Waals surface area contributed by atoms with E-state index in [1.54, 1.807) is 0 Å². The third-order valence-corrected chi connectivity index (χ3v) is 3.55. The lowest BCUT2D eigenvalue weighted by Gasteiger charge is -2.18. The van der Waals surface area contributed by atoms with Gasteiger partial charge in [-0.05, 0) is 12.8 Å². The smallest absolute Gasteiger partial charge is 0.222 e. The molecule has 1 aromatic rings. The number of nitrogens with two attached hydrogens (primary N) is 1. The minimum Gasteiger partial charge on any atom is -0.370 e. The summed E-state index contributed by atoms with van der Waals surface area (Å²) in [5.74, 6) is 2.28. The van der Waals surface area contributed by atoms with Crippen LogP contribution in [0.2, 0.25) is 0 Å². The lowest BCUT2D eigenvalue weighted by molar-refractivity contribution is -0.121. The van der Waals surface area contributed by atoms with Crippen molar-refractivity contribution in [1.82, 2.24) is 9.97 Å².